The molecule has 0 aliphatic rings. The zero-order chi connectivity index (χ0) is 12.8. The van der Waals surface area contributed by atoms with Gasteiger partial charge in [0.2, 0.25) is 0 Å². The topological polar surface area (TPSA) is 49.3 Å². The molecular weight excluding hydrogens is 258 g/mol. The highest BCUT2D eigenvalue weighted by Gasteiger charge is 2.13. The molecule has 1 unspecified atom stereocenters. The van der Waals surface area contributed by atoms with Crippen LogP contribution >= 0.6 is 23.4 Å². The lowest BCUT2D eigenvalue weighted by molar-refractivity contribution is 0.0698. The average Bonchev–Trinajstić information content (AvgIpc) is 2.28. The Hall–Kier alpha value is -0.870. The van der Waals surface area contributed by atoms with Gasteiger partial charge in [-0.1, -0.05) is 18.5 Å². The summed E-state index contributed by atoms with van der Waals surface area (Å²) < 4.78 is 0. The van der Waals surface area contributed by atoms with E-state index in [0.29, 0.717) is 10.7 Å². The van der Waals surface area contributed by atoms with E-state index in [1.165, 1.54) is 6.07 Å². The second-order valence-corrected chi connectivity index (χ2v) is 5.05. The molecule has 0 saturated carbocycles. The Balaban J connectivity index is 2.94. The smallest absolute Gasteiger partial charge is 0.337 e. The third-order valence-corrected chi connectivity index (χ3v) is 3.40. The predicted molar refractivity (Wildman–Crippen MR) is 74.5 cm³/mol. The van der Waals surface area contributed by atoms with E-state index in [2.05, 4.69) is 12.2 Å². The van der Waals surface area contributed by atoms with E-state index in [4.69, 9.17) is 16.7 Å². The van der Waals surface area contributed by atoms with Crippen molar-refractivity contribution in [3.05, 3.63) is 28.8 Å². The first-order valence-corrected chi connectivity index (χ1v) is 7.14. The number of hydrogen-bond acceptors (Lipinski definition) is 3. The summed E-state index contributed by atoms with van der Waals surface area (Å²) in [6, 6.07) is 5.03. The van der Waals surface area contributed by atoms with Gasteiger partial charge in [0.1, 0.15) is 0 Å². The van der Waals surface area contributed by atoms with E-state index in [9.17, 15) is 4.79 Å². The molecule has 1 aromatic rings. The molecule has 2 N–H and O–H groups in total. The fraction of sp³-hybridized carbons (Fsp3) is 0.417. The van der Waals surface area contributed by atoms with Crippen LogP contribution in [0.1, 0.15) is 23.7 Å². The van der Waals surface area contributed by atoms with Gasteiger partial charge in [0.05, 0.1) is 11.3 Å². The number of carboxylic acid groups (broad SMARTS) is 1. The number of thioether (sulfide) groups is 1. The minimum Gasteiger partial charge on any atom is -0.478 e. The van der Waals surface area contributed by atoms with Crippen molar-refractivity contribution in [2.75, 3.05) is 17.3 Å². The summed E-state index contributed by atoms with van der Waals surface area (Å²) in [5.41, 5.74) is 0.847. The van der Waals surface area contributed by atoms with Crippen molar-refractivity contribution in [3.63, 3.8) is 0 Å². The highest BCUT2D eigenvalue weighted by Crippen LogP contribution is 2.23. The Bertz CT molecular complexity index is 398. The Labute approximate surface area is 111 Å². The standard InChI is InChI=1S/C12H16ClNO2S/c1-3-9(7-17-2)14-11-6-8(13)4-5-10(11)12(15)16/h4-6,9,14H,3,7H2,1-2H3,(H,15,16). The number of carbonyl (C=O) groups is 1. The number of anilines is 1. The van der Waals surface area contributed by atoms with Crippen molar-refractivity contribution < 1.29 is 9.90 Å². The molecule has 0 fully saturated rings. The molecule has 3 nitrogen and oxygen atoms in total. The Kier molecular flexibility index (Phi) is 5.65. The molecule has 5 heteroatoms. The number of rotatable bonds is 6. The first-order chi connectivity index (χ1) is 8.08. The lowest BCUT2D eigenvalue weighted by atomic mass is 10.1. The lowest BCUT2D eigenvalue weighted by Crippen LogP contribution is -2.22. The Morgan fingerprint density at radius 1 is 1.59 bits per heavy atom. The second-order valence-electron chi connectivity index (χ2n) is 3.70. The van der Waals surface area contributed by atoms with Crippen molar-refractivity contribution >= 4 is 35.0 Å². The van der Waals surface area contributed by atoms with Crippen LogP contribution in [0.2, 0.25) is 5.02 Å². The van der Waals surface area contributed by atoms with Crippen LogP contribution in [0.3, 0.4) is 0 Å². The zero-order valence-corrected chi connectivity index (χ0v) is 11.4. The summed E-state index contributed by atoms with van der Waals surface area (Å²) in [5.74, 6) is -0.00890. The predicted octanol–water partition coefficient (Wildman–Crippen LogP) is 3.59. The Morgan fingerprint density at radius 3 is 2.82 bits per heavy atom. The minimum atomic E-state index is -0.942. The summed E-state index contributed by atoms with van der Waals surface area (Å²) in [6.07, 6.45) is 2.97. The van der Waals surface area contributed by atoms with Crippen molar-refractivity contribution in [2.24, 2.45) is 0 Å². The normalized spacial score (nSPS) is 12.2. The van der Waals surface area contributed by atoms with Gasteiger partial charge in [-0.05, 0) is 30.9 Å². The zero-order valence-electron chi connectivity index (χ0n) is 9.87. The maximum absolute atomic E-state index is 11.1. The Morgan fingerprint density at radius 2 is 2.29 bits per heavy atom. The molecule has 1 aromatic carbocycles. The maximum Gasteiger partial charge on any atom is 0.337 e. The highest BCUT2D eigenvalue weighted by molar-refractivity contribution is 7.98. The summed E-state index contributed by atoms with van der Waals surface area (Å²) in [7, 11) is 0. The highest BCUT2D eigenvalue weighted by atomic mass is 35.5. The fourth-order valence-electron chi connectivity index (χ4n) is 1.51. The van der Waals surface area contributed by atoms with Gasteiger partial charge in [0.25, 0.3) is 0 Å². The third kappa shape index (κ3) is 4.13. The van der Waals surface area contributed by atoms with Crippen LogP contribution in [-0.4, -0.2) is 29.1 Å². The van der Waals surface area contributed by atoms with Gasteiger partial charge < -0.3 is 10.4 Å². The van der Waals surface area contributed by atoms with Gasteiger partial charge >= 0.3 is 5.97 Å². The molecule has 0 saturated heterocycles. The van der Waals surface area contributed by atoms with Crippen LogP contribution in [0.5, 0.6) is 0 Å². The minimum absolute atomic E-state index is 0.251. The van der Waals surface area contributed by atoms with E-state index in [1.807, 2.05) is 6.26 Å². The number of benzene rings is 1. The number of hydrogen-bond donors (Lipinski definition) is 2. The van der Waals surface area contributed by atoms with E-state index in [-0.39, 0.29) is 11.6 Å². The quantitative estimate of drug-likeness (QED) is 0.832. The molecule has 0 amide bonds. The lowest BCUT2D eigenvalue weighted by Gasteiger charge is -2.18. The monoisotopic (exact) mass is 273 g/mol. The van der Waals surface area contributed by atoms with E-state index in [1.54, 1.807) is 23.9 Å². The number of aromatic carboxylic acids is 1. The van der Waals surface area contributed by atoms with Gasteiger partial charge in [0.15, 0.2) is 0 Å². The fourth-order valence-corrected chi connectivity index (χ4v) is 2.40. The molecule has 0 aliphatic carbocycles. The number of carboxylic acids is 1. The molecule has 94 valence electrons. The largest absolute Gasteiger partial charge is 0.478 e. The number of nitrogens with one attached hydrogen (secondary N) is 1. The maximum atomic E-state index is 11.1. The first-order valence-electron chi connectivity index (χ1n) is 5.36. The van der Waals surface area contributed by atoms with Gasteiger partial charge in [-0.15, -0.1) is 0 Å². The third-order valence-electron chi connectivity index (χ3n) is 2.43. The SMILES string of the molecule is CCC(CSC)Nc1cc(Cl)ccc1C(=O)O. The van der Waals surface area contributed by atoms with E-state index in [0.717, 1.165) is 12.2 Å². The van der Waals surface area contributed by atoms with Gasteiger partial charge in [-0.2, -0.15) is 11.8 Å². The van der Waals surface area contributed by atoms with Crippen molar-refractivity contribution in [2.45, 2.75) is 19.4 Å². The van der Waals surface area contributed by atoms with Crippen molar-refractivity contribution in [3.8, 4) is 0 Å². The van der Waals surface area contributed by atoms with Gasteiger partial charge in [-0.3, -0.25) is 0 Å². The van der Waals surface area contributed by atoms with Crippen LogP contribution in [-0.2, 0) is 0 Å². The van der Waals surface area contributed by atoms with E-state index < -0.39 is 5.97 Å². The summed E-state index contributed by atoms with van der Waals surface area (Å²) in [5, 5.41) is 12.9. The van der Waals surface area contributed by atoms with Gasteiger partial charge in [-0.25, -0.2) is 4.79 Å². The molecule has 0 heterocycles. The number of halogens is 1. The molecule has 0 radical (unpaired) electrons. The van der Waals surface area contributed by atoms with Crippen molar-refractivity contribution in [1.29, 1.82) is 0 Å². The first kappa shape index (κ1) is 14.2. The molecule has 0 spiro atoms. The molecule has 1 rings (SSSR count). The van der Waals surface area contributed by atoms with Crippen LogP contribution in [0.25, 0.3) is 0 Å². The molecular formula is C12H16ClNO2S. The molecule has 0 aromatic heterocycles. The van der Waals surface area contributed by atoms with Gasteiger partial charge in [0, 0.05) is 16.8 Å². The van der Waals surface area contributed by atoms with Crippen LogP contribution in [0, 0.1) is 0 Å². The second kappa shape index (κ2) is 6.77. The summed E-state index contributed by atoms with van der Waals surface area (Å²) >= 11 is 7.62. The van der Waals surface area contributed by atoms with Crippen molar-refractivity contribution in [1.82, 2.24) is 0 Å². The van der Waals surface area contributed by atoms with Crippen LogP contribution < -0.4 is 5.32 Å². The molecule has 17 heavy (non-hydrogen) atoms. The summed E-state index contributed by atoms with van der Waals surface area (Å²) in [6.45, 7) is 2.07. The van der Waals surface area contributed by atoms with Crippen LogP contribution in [0.4, 0.5) is 5.69 Å². The molecule has 1 atom stereocenters. The van der Waals surface area contributed by atoms with E-state index >= 15 is 0 Å². The van der Waals surface area contributed by atoms with Crippen LogP contribution in [0.15, 0.2) is 18.2 Å². The average molecular weight is 274 g/mol. The molecule has 0 bridgehead atoms. The summed E-state index contributed by atoms with van der Waals surface area (Å²) in [4.78, 5) is 11.1. The molecule has 0 aliphatic heterocycles.